The van der Waals surface area contributed by atoms with Gasteiger partial charge in [-0.1, -0.05) is 12.1 Å². The lowest BCUT2D eigenvalue weighted by Crippen LogP contribution is -2.37. The summed E-state index contributed by atoms with van der Waals surface area (Å²) in [4.78, 5) is 33.2. The van der Waals surface area contributed by atoms with Crippen LogP contribution in [0.15, 0.2) is 47.8 Å². The molecule has 32 heavy (non-hydrogen) atoms. The highest BCUT2D eigenvalue weighted by Crippen LogP contribution is 2.34. The molecule has 0 radical (unpaired) electrons. The number of hydrogen-bond donors (Lipinski definition) is 1. The first kappa shape index (κ1) is 21.6. The van der Waals surface area contributed by atoms with Gasteiger partial charge in [-0.05, 0) is 31.2 Å². The lowest BCUT2D eigenvalue weighted by molar-refractivity contribution is -0.116. The summed E-state index contributed by atoms with van der Waals surface area (Å²) in [5.74, 6) is 0.934. The van der Waals surface area contributed by atoms with Crippen LogP contribution < -0.4 is 19.7 Å². The Kier molecular flexibility index (Phi) is 6.27. The van der Waals surface area contributed by atoms with Gasteiger partial charge in [-0.25, -0.2) is 9.78 Å². The molecule has 4 rings (SSSR count). The van der Waals surface area contributed by atoms with Crippen LogP contribution in [0, 0.1) is 6.92 Å². The maximum Gasteiger partial charge on any atom is 0.325 e. The zero-order valence-electron chi connectivity index (χ0n) is 18.1. The van der Waals surface area contributed by atoms with Crippen LogP contribution in [0.3, 0.4) is 0 Å². The minimum absolute atomic E-state index is 0.0400. The number of ether oxygens (including phenoxy) is 2. The number of thiazole rings is 1. The molecule has 3 amide bonds. The first-order valence-corrected chi connectivity index (χ1v) is 11.0. The molecule has 0 atom stereocenters. The van der Waals surface area contributed by atoms with E-state index >= 15 is 0 Å². The number of benzene rings is 2. The number of aromatic nitrogens is 1. The molecular weight excluding hydrogens is 428 g/mol. The summed E-state index contributed by atoms with van der Waals surface area (Å²) >= 11 is 1.58. The van der Waals surface area contributed by atoms with Crippen molar-refractivity contribution in [2.24, 2.45) is 0 Å². The first-order valence-electron chi connectivity index (χ1n) is 10.1. The predicted molar refractivity (Wildman–Crippen MR) is 125 cm³/mol. The van der Waals surface area contributed by atoms with Crippen molar-refractivity contribution in [3.63, 3.8) is 0 Å². The summed E-state index contributed by atoms with van der Waals surface area (Å²) in [5.41, 5.74) is 3.09. The summed E-state index contributed by atoms with van der Waals surface area (Å²) in [5, 5.41) is 5.85. The van der Waals surface area contributed by atoms with Crippen molar-refractivity contribution in [2.45, 2.75) is 6.92 Å². The molecule has 2 heterocycles. The SMILES string of the molecule is COc1ccc(OC)c(N2CCN(CC(=O)Nc3cccc(-c4csc(C)n4)c3)C2=O)c1. The van der Waals surface area contributed by atoms with Crippen LogP contribution in [0.5, 0.6) is 11.5 Å². The van der Waals surface area contributed by atoms with E-state index in [0.29, 0.717) is 36.0 Å². The van der Waals surface area contributed by atoms with E-state index in [4.69, 9.17) is 9.47 Å². The third kappa shape index (κ3) is 4.52. The monoisotopic (exact) mass is 452 g/mol. The van der Waals surface area contributed by atoms with Gasteiger partial charge >= 0.3 is 6.03 Å². The minimum Gasteiger partial charge on any atom is -0.497 e. The normalized spacial score (nSPS) is 13.4. The molecule has 9 heteroatoms. The van der Waals surface area contributed by atoms with E-state index in [2.05, 4.69) is 10.3 Å². The Morgan fingerprint density at radius 2 is 2.00 bits per heavy atom. The Morgan fingerprint density at radius 1 is 1.16 bits per heavy atom. The third-order valence-corrected chi connectivity index (χ3v) is 5.94. The highest BCUT2D eigenvalue weighted by Gasteiger charge is 2.32. The fraction of sp³-hybridized carbons (Fsp3) is 0.261. The minimum atomic E-state index is -0.260. The molecule has 166 valence electrons. The lowest BCUT2D eigenvalue weighted by atomic mass is 10.1. The second-order valence-corrected chi connectivity index (χ2v) is 8.34. The van der Waals surface area contributed by atoms with Gasteiger partial charge in [0.05, 0.1) is 30.6 Å². The van der Waals surface area contributed by atoms with Crippen LogP contribution in [-0.4, -0.2) is 55.7 Å². The Bertz CT molecular complexity index is 1150. The summed E-state index contributed by atoms with van der Waals surface area (Å²) in [7, 11) is 3.12. The Labute approximate surface area is 190 Å². The van der Waals surface area contributed by atoms with Gasteiger partial charge in [0, 0.05) is 35.8 Å². The lowest BCUT2D eigenvalue weighted by Gasteiger charge is -2.21. The molecule has 1 N–H and O–H groups in total. The number of aryl methyl sites for hydroxylation is 1. The van der Waals surface area contributed by atoms with Crippen molar-refractivity contribution in [1.82, 2.24) is 9.88 Å². The van der Waals surface area contributed by atoms with Crippen molar-refractivity contribution < 1.29 is 19.1 Å². The maximum atomic E-state index is 13.0. The molecule has 0 unspecified atom stereocenters. The van der Waals surface area contributed by atoms with E-state index in [1.807, 2.05) is 36.6 Å². The van der Waals surface area contributed by atoms with Crippen molar-refractivity contribution in [3.05, 3.63) is 52.9 Å². The topological polar surface area (TPSA) is 84.0 Å². The zero-order chi connectivity index (χ0) is 22.7. The standard InChI is InChI=1S/C23H24N4O4S/c1-15-24-19(14-32-15)16-5-4-6-17(11-16)25-22(28)13-26-9-10-27(23(26)29)20-12-18(30-2)7-8-21(20)31-3/h4-8,11-12,14H,9-10,13H2,1-3H3,(H,25,28). The summed E-state index contributed by atoms with van der Waals surface area (Å²) < 4.78 is 10.7. The number of rotatable bonds is 7. The van der Waals surface area contributed by atoms with E-state index in [9.17, 15) is 9.59 Å². The van der Waals surface area contributed by atoms with Gasteiger partial charge < -0.3 is 19.7 Å². The van der Waals surface area contributed by atoms with Gasteiger partial charge in [0.25, 0.3) is 0 Å². The number of methoxy groups -OCH3 is 2. The molecule has 0 saturated carbocycles. The van der Waals surface area contributed by atoms with Gasteiger partial charge in [0.15, 0.2) is 0 Å². The first-order chi connectivity index (χ1) is 15.5. The molecule has 1 aliphatic rings. The van der Waals surface area contributed by atoms with Crippen molar-refractivity contribution in [3.8, 4) is 22.8 Å². The van der Waals surface area contributed by atoms with Crippen molar-refractivity contribution >= 4 is 34.6 Å². The Hall–Kier alpha value is -3.59. The van der Waals surface area contributed by atoms with Crippen molar-refractivity contribution in [2.75, 3.05) is 44.1 Å². The smallest absolute Gasteiger partial charge is 0.325 e. The van der Waals surface area contributed by atoms with E-state index in [1.54, 1.807) is 48.7 Å². The molecule has 0 aliphatic carbocycles. The van der Waals surface area contributed by atoms with Gasteiger partial charge in [-0.15, -0.1) is 11.3 Å². The highest BCUT2D eigenvalue weighted by atomic mass is 32.1. The maximum absolute atomic E-state index is 13.0. The fourth-order valence-corrected chi connectivity index (χ4v) is 4.21. The second kappa shape index (κ2) is 9.27. The van der Waals surface area contributed by atoms with E-state index < -0.39 is 0 Å². The van der Waals surface area contributed by atoms with Crippen LogP contribution >= 0.6 is 11.3 Å². The molecule has 1 aliphatic heterocycles. The quantitative estimate of drug-likeness (QED) is 0.585. The van der Waals surface area contributed by atoms with Crippen molar-refractivity contribution in [1.29, 1.82) is 0 Å². The fourth-order valence-electron chi connectivity index (χ4n) is 3.59. The van der Waals surface area contributed by atoms with Crippen LogP contribution in [0.2, 0.25) is 0 Å². The molecule has 1 fully saturated rings. The Balaban J connectivity index is 1.42. The number of carbonyl (C=O) groups is 2. The number of urea groups is 1. The number of carbonyl (C=O) groups excluding carboxylic acids is 2. The summed E-state index contributed by atoms with van der Waals surface area (Å²) in [6.07, 6.45) is 0. The van der Waals surface area contributed by atoms with Crippen LogP contribution in [0.25, 0.3) is 11.3 Å². The predicted octanol–water partition coefficient (Wildman–Crippen LogP) is 4.02. The number of nitrogens with zero attached hydrogens (tertiary/aromatic N) is 3. The average Bonchev–Trinajstić information content (AvgIpc) is 3.39. The average molecular weight is 453 g/mol. The largest absolute Gasteiger partial charge is 0.497 e. The number of hydrogen-bond acceptors (Lipinski definition) is 6. The number of amides is 3. The van der Waals surface area contributed by atoms with Gasteiger partial charge in [-0.2, -0.15) is 0 Å². The third-order valence-electron chi connectivity index (χ3n) is 5.17. The van der Waals surface area contributed by atoms with Crippen LogP contribution in [0.4, 0.5) is 16.2 Å². The van der Waals surface area contributed by atoms with Gasteiger partial charge in [0.1, 0.15) is 18.0 Å². The van der Waals surface area contributed by atoms with Gasteiger partial charge in [-0.3, -0.25) is 9.69 Å². The molecular formula is C23H24N4O4S. The molecule has 0 spiro atoms. The molecule has 1 aromatic heterocycles. The highest BCUT2D eigenvalue weighted by molar-refractivity contribution is 7.09. The number of anilines is 2. The molecule has 2 aromatic carbocycles. The number of nitrogens with one attached hydrogen (secondary N) is 1. The molecule has 1 saturated heterocycles. The molecule has 3 aromatic rings. The van der Waals surface area contributed by atoms with E-state index in [1.165, 1.54) is 4.90 Å². The molecule has 0 bridgehead atoms. The van der Waals surface area contributed by atoms with Crippen LogP contribution in [0.1, 0.15) is 5.01 Å². The van der Waals surface area contributed by atoms with E-state index in [0.717, 1.165) is 16.3 Å². The van der Waals surface area contributed by atoms with Crippen LogP contribution in [-0.2, 0) is 4.79 Å². The summed E-state index contributed by atoms with van der Waals surface area (Å²) in [6, 6.07) is 12.6. The zero-order valence-corrected chi connectivity index (χ0v) is 18.9. The van der Waals surface area contributed by atoms with Gasteiger partial charge in [0.2, 0.25) is 5.91 Å². The van der Waals surface area contributed by atoms with E-state index in [-0.39, 0.29) is 18.5 Å². The second-order valence-electron chi connectivity index (χ2n) is 7.27. The summed E-state index contributed by atoms with van der Waals surface area (Å²) in [6.45, 7) is 2.80. The Morgan fingerprint density at radius 3 is 2.72 bits per heavy atom. The molecule has 8 nitrogen and oxygen atoms in total.